The van der Waals surface area contributed by atoms with Gasteiger partial charge in [0.15, 0.2) is 0 Å². The highest BCUT2D eigenvalue weighted by molar-refractivity contribution is 7.09. The molecular weight excluding hydrogens is 278 g/mol. The second kappa shape index (κ2) is 5.78. The third kappa shape index (κ3) is 2.92. The van der Waals surface area contributed by atoms with E-state index >= 15 is 0 Å². The number of nitrogens with one attached hydrogen (secondary N) is 2. The number of thiazole rings is 1. The highest BCUT2D eigenvalue weighted by Crippen LogP contribution is 2.32. The lowest BCUT2D eigenvalue weighted by Crippen LogP contribution is -2.61. The minimum absolute atomic E-state index is 0.238. The van der Waals surface area contributed by atoms with Gasteiger partial charge in [0.05, 0.1) is 16.7 Å². The SMILES string of the molecule is CCc1nc(C(C)NC(=O)NC2(C(=O)O)CCC2)cs1. The Bertz CT molecular complexity index is 511. The Kier molecular flexibility index (Phi) is 4.27. The van der Waals surface area contributed by atoms with Crippen LogP contribution in [0.2, 0.25) is 0 Å². The number of aromatic nitrogens is 1. The summed E-state index contributed by atoms with van der Waals surface area (Å²) in [6.45, 7) is 3.86. The third-order valence-corrected chi connectivity index (χ3v) is 4.64. The van der Waals surface area contributed by atoms with E-state index in [1.165, 1.54) is 0 Å². The summed E-state index contributed by atoms with van der Waals surface area (Å²) in [7, 11) is 0. The van der Waals surface area contributed by atoms with Gasteiger partial charge in [0.2, 0.25) is 0 Å². The first-order valence-corrected chi connectivity index (χ1v) is 7.61. The molecule has 20 heavy (non-hydrogen) atoms. The number of amides is 2. The number of rotatable bonds is 5. The molecule has 1 saturated carbocycles. The maximum atomic E-state index is 11.9. The maximum absolute atomic E-state index is 11.9. The predicted octanol–water partition coefficient (Wildman–Crippen LogP) is 2.07. The highest BCUT2D eigenvalue weighted by Gasteiger charge is 2.45. The predicted molar refractivity (Wildman–Crippen MR) is 75.8 cm³/mol. The molecule has 6 nitrogen and oxygen atoms in total. The van der Waals surface area contributed by atoms with Gasteiger partial charge in [-0.3, -0.25) is 0 Å². The lowest BCUT2D eigenvalue weighted by molar-refractivity contribution is -0.148. The zero-order valence-corrected chi connectivity index (χ0v) is 12.4. The molecule has 0 aliphatic heterocycles. The Balaban J connectivity index is 1.92. The Morgan fingerprint density at radius 2 is 2.25 bits per heavy atom. The molecule has 1 aliphatic rings. The van der Waals surface area contributed by atoms with Crippen molar-refractivity contribution in [1.29, 1.82) is 0 Å². The lowest BCUT2D eigenvalue weighted by atomic mass is 9.77. The number of hydrogen-bond acceptors (Lipinski definition) is 4. The zero-order chi connectivity index (χ0) is 14.8. The average molecular weight is 297 g/mol. The van der Waals surface area contributed by atoms with Gasteiger partial charge in [0.1, 0.15) is 5.54 Å². The first kappa shape index (κ1) is 14.8. The van der Waals surface area contributed by atoms with Crippen LogP contribution in [0.25, 0.3) is 0 Å². The van der Waals surface area contributed by atoms with Gasteiger partial charge in [0.25, 0.3) is 0 Å². The van der Waals surface area contributed by atoms with Crippen molar-refractivity contribution in [2.45, 2.75) is 51.1 Å². The van der Waals surface area contributed by atoms with Crippen LogP contribution in [0.5, 0.6) is 0 Å². The first-order chi connectivity index (χ1) is 9.47. The van der Waals surface area contributed by atoms with Crippen LogP contribution in [0.1, 0.15) is 49.9 Å². The van der Waals surface area contributed by atoms with Gasteiger partial charge in [-0.05, 0) is 32.6 Å². The molecule has 1 atom stereocenters. The van der Waals surface area contributed by atoms with Crippen molar-refractivity contribution in [2.24, 2.45) is 0 Å². The van der Waals surface area contributed by atoms with Gasteiger partial charge >= 0.3 is 12.0 Å². The third-order valence-electron chi connectivity index (χ3n) is 3.63. The van der Waals surface area contributed by atoms with E-state index in [4.69, 9.17) is 5.11 Å². The van der Waals surface area contributed by atoms with E-state index in [0.29, 0.717) is 12.8 Å². The quantitative estimate of drug-likeness (QED) is 0.776. The van der Waals surface area contributed by atoms with Crippen molar-refractivity contribution in [3.8, 4) is 0 Å². The van der Waals surface area contributed by atoms with Crippen LogP contribution < -0.4 is 10.6 Å². The molecule has 0 saturated heterocycles. The van der Waals surface area contributed by atoms with Crippen LogP contribution in [-0.4, -0.2) is 27.6 Å². The summed E-state index contributed by atoms with van der Waals surface area (Å²) in [6.07, 6.45) is 2.67. The summed E-state index contributed by atoms with van der Waals surface area (Å²) in [5.41, 5.74) is -0.277. The van der Waals surface area contributed by atoms with Gasteiger partial charge in [-0.1, -0.05) is 6.92 Å². The summed E-state index contributed by atoms with van der Waals surface area (Å²) in [4.78, 5) is 27.5. The standard InChI is InChI=1S/C13H19N3O3S/c1-3-10-15-9(7-20-10)8(2)14-12(19)16-13(11(17)18)5-4-6-13/h7-8H,3-6H2,1-2H3,(H,17,18)(H2,14,16,19). The normalized spacial score (nSPS) is 17.9. The highest BCUT2D eigenvalue weighted by atomic mass is 32.1. The molecule has 1 heterocycles. The van der Waals surface area contributed by atoms with E-state index < -0.39 is 17.5 Å². The zero-order valence-electron chi connectivity index (χ0n) is 11.6. The second-order valence-electron chi connectivity index (χ2n) is 5.08. The molecule has 3 N–H and O–H groups in total. The summed E-state index contributed by atoms with van der Waals surface area (Å²) < 4.78 is 0. The molecule has 1 aromatic heterocycles. The van der Waals surface area contributed by atoms with Crippen LogP contribution in [0, 0.1) is 0 Å². The van der Waals surface area contributed by atoms with Crippen LogP contribution in [0.3, 0.4) is 0 Å². The van der Waals surface area contributed by atoms with Crippen molar-refractivity contribution in [3.05, 3.63) is 16.1 Å². The number of hydrogen-bond donors (Lipinski definition) is 3. The van der Waals surface area contributed by atoms with Crippen molar-refractivity contribution in [2.75, 3.05) is 0 Å². The van der Waals surface area contributed by atoms with Crippen molar-refractivity contribution in [1.82, 2.24) is 15.6 Å². The van der Waals surface area contributed by atoms with Gasteiger partial charge in [-0.25, -0.2) is 14.6 Å². The van der Waals surface area contributed by atoms with E-state index in [1.807, 2.05) is 19.2 Å². The summed E-state index contributed by atoms with van der Waals surface area (Å²) in [5.74, 6) is -0.964. The average Bonchev–Trinajstić information content (AvgIpc) is 2.82. The van der Waals surface area contributed by atoms with Gasteiger partial charge in [-0.2, -0.15) is 0 Å². The van der Waals surface area contributed by atoms with Crippen LogP contribution in [0.4, 0.5) is 4.79 Å². The molecule has 0 bridgehead atoms. The Morgan fingerprint density at radius 3 is 2.70 bits per heavy atom. The number of aryl methyl sites for hydroxylation is 1. The first-order valence-electron chi connectivity index (χ1n) is 6.73. The maximum Gasteiger partial charge on any atom is 0.329 e. The fourth-order valence-corrected chi connectivity index (χ4v) is 2.97. The minimum Gasteiger partial charge on any atom is -0.480 e. The molecule has 110 valence electrons. The molecule has 1 aliphatic carbocycles. The van der Waals surface area contributed by atoms with E-state index in [-0.39, 0.29) is 6.04 Å². The Hall–Kier alpha value is -1.63. The molecule has 7 heteroatoms. The van der Waals surface area contributed by atoms with Crippen molar-refractivity contribution < 1.29 is 14.7 Å². The topological polar surface area (TPSA) is 91.3 Å². The summed E-state index contributed by atoms with van der Waals surface area (Å²) >= 11 is 1.56. The molecule has 2 amide bonds. The Morgan fingerprint density at radius 1 is 1.55 bits per heavy atom. The monoisotopic (exact) mass is 297 g/mol. The van der Waals surface area contributed by atoms with Gasteiger partial charge in [0, 0.05) is 5.38 Å². The smallest absolute Gasteiger partial charge is 0.329 e. The number of carboxylic acids is 1. The molecule has 0 spiro atoms. The van der Waals surface area contributed by atoms with Crippen LogP contribution >= 0.6 is 11.3 Å². The molecule has 2 rings (SSSR count). The van der Waals surface area contributed by atoms with Crippen molar-refractivity contribution in [3.63, 3.8) is 0 Å². The minimum atomic E-state index is -1.08. The molecule has 1 unspecified atom stereocenters. The molecule has 0 aromatic carbocycles. The fraction of sp³-hybridized carbons (Fsp3) is 0.615. The Labute approximate surface area is 121 Å². The molecule has 0 radical (unpaired) electrons. The molecule has 1 aromatic rings. The van der Waals surface area contributed by atoms with E-state index in [9.17, 15) is 9.59 Å². The number of nitrogens with zero attached hydrogens (tertiary/aromatic N) is 1. The number of carbonyl (C=O) groups is 2. The number of carbonyl (C=O) groups excluding carboxylic acids is 1. The van der Waals surface area contributed by atoms with Crippen LogP contribution in [0.15, 0.2) is 5.38 Å². The van der Waals surface area contributed by atoms with Gasteiger partial charge in [-0.15, -0.1) is 11.3 Å². The van der Waals surface area contributed by atoms with Gasteiger partial charge < -0.3 is 15.7 Å². The lowest BCUT2D eigenvalue weighted by Gasteiger charge is -2.38. The van der Waals surface area contributed by atoms with Crippen molar-refractivity contribution >= 4 is 23.3 Å². The number of carboxylic acid groups (broad SMARTS) is 1. The fourth-order valence-electron chi connectivity index (χ4n) is 2.13. The van der Waals surface area contributed by atoms with Crippen LogP contribution in [-0.2, 0) is 11.2 Å². The molecule has 1 fully saturated rings. The molecular formula is C13H19N3O3S. The second-order valence-corrected chi connectivity index (χ2v) is 6.02. The number of aliphatic carboxylic acids is 1. The van der Waals surface area contributed by atoms with E-state index in [1.54, 1.807) is 11.3 Å². The number of urea groups is 1. The largest absolute Gasteiger partial charge is 0.480 e. The van der Waals surface area contributed by atoms with E-state index in [0.717, 1.165) is 23.5 Å². The summed E-state index contributed by atoms with van der Waals surface area (Å²) in [5, 5.41) is 17.4. The van der Waals surface area contributed by atoms with E-state index in [2.05, 4.69) is 15.6 Å². The summed E-state index contributed by atoms with van der Waals surface area (Å²) in [6, 6.07) is -0.692.